The van der Waals surface area contributed by atoms with Crippen LogP contribution < -0.4 is 0 Å². The molecule has 0 unspecified atom stereocenters. The van der Waals surface area contributed by atoms with Crippen molar-refractivity contribution in [1.29, 1.82) is 0 Å². The lowest BCUT2D eigenvalue weighted by molar-refractivity contribution is 0.166. The minimum absolute atomic E-state index is 0.199. The summed E-state index contributed by atoms with van der Waals surface area (Å²) in [6.07, 6.45) is 11.0. The van der Waals surface area contributed by atoms with Gasteiger partial charge in [0.1, 0.15) is 0 Å². The van der Waals surface area contributed by atoms with Gasteiger partial charge in [-0.1, -0.05) is 52.4 Å². The van der Waals surface area contributed by atoms with Crippen LogP contribution in [0, 0.1) is 11.8 Å². The molecule has 0 saturated heterocycles. The van der Waals surface area contributed by atoms with Crippen LogP contribution in [0.15, 0.2) is 0 Å². The van der Waals surface area contributed by atoms with E-state index in [0.717, 1.165) is 19.3 Å². The molecule has 0 aliphatic rings. The molecule has 0 aliphatic heterocycles. The Morgan fingerprint density at radius 1 is 0.875 bits per heavy atom. The van der Waals surface area contributed by atoms with Gasteiger partial charge in [0.15, 0.2) is 0 Å². The van der Waals surface area contributed by atoms with Crippen LogP contribution in [0.3, 0.4) is 0 Å². The van der Waals surface area contributed by atoms with Crippen molar-refractivity contribution in [2.45, 2.75) is 84.2 Å². The van der Waals surface area contributed by atoms with E-state index in [1.54, 1.807) is 0 Å². The fraction of sp³-hybridized carbons (Fsp3) is 0.867. The third-order valence-electron chi connectivity index (χ3n) is 2.76. The van der Waals surface area contributed by atoms with E-state index in [4.69, 9.17) is 0 Å². The number of unbranched alkanes of at least 4 members (excludes halogenated alkanes) is 6. The van der Waals surface area contributed by atoms with Crippen LogP contribution in [0.1, 0.15) is 78.1 Å². The van der Waals surface area contributed by atoms with Crippen molar-refractivity contribution in [3.05, 3.63) is 0 Å². The summed E-state index contributed by atoms with van der Waals surface area (Å²) >= 11 is 0. The third-order valence-corrected chi connectivity index (χ3v) is 2.76. The zero-order valence-corrected chi connectivity index (χ0v) is 11.1. The lowest BCUT2D eigenvalue weighted by Gasteiger charge is -2.05. The van der Waals surface area contributed by atoms with E-state index >= 15 is 0 Å². The lowest BCUT2D eigenvalue weighted by atomic mass is 10.1. The molecule has 0 spiro atoms. The van der Waals surface area contributed by atoms with Gasteiger partial charge in [-0.15, -0.1) is 11.8 Å². The first-order valence-electron chi connectivity index (χ1n) is 6.95. The predicted molar refractivity (Wildman–Crippen MR) is 71.3 cm³/mol. The Bertz CT molecular complexity index is 187. The Kier molecular flexibility index (Phi) is 12.2. The Labute approximate surface area is 102 Å². The topological polar surface area (TPSA) is 20.2 Å². The van der Waals surface area contributed by atoms with E-state index in [-0.39, 0.29) is 6.10 Å². The van der Waals surface area contributed by atoms with Crippen molar-refractivity contribution in [2.75, 3.05) is 0 Å². The van der Waals surface area contributed by atoms with E-state index in [9.17, 15) is 5.11 Å². The average Bonchev–Trinajstić information content (AvgIpc) is 2.29. The molecule has 94 valence electrons. The second-order valence-electron chi connectivity index (χ2n) is 4.52. The van der Waals surface area contributed by atoms with Gasteiger partial charge in [0.05, 0.1) is 6.10 Å². The van der Waals surface area contributed by atoms with Crippen molar-refractivity contribution < 1.29 is 5.11 Å². The molecule has 0 aromatic heterocycles. The molecule has 0 heterocycles. The highest BCUT2D eigenvalue weighted by atomic mass is 16.3. The van der Waals surface area contributed by atoms with E-state index < -0.39 is 0 Å². The van der Waals surface area contributed by atoms with Crippen LogP contribution in [0.4, 0.5) is 0 Å². The smallest absolute Gasteiger partial charge is 0.0649 e. The molecular weight excluding hydrogens is 196 g/mol. The summed E-state index contributed by atoms with van der Waals surface area (Å²) in [5, 5.41) is 9.65. The van der Waals surface area contributed by atoms with Crippen molar-refractivity contribution in [3.63, 3.8) is 0 Å². The highest BCUT2D eigenvalue weighted by Crippen LogP contribution is 2.07. The first kappa shape index (κ1) is 15.5. The van der Waals surface area contributed by atoms with Crippen molar-refractivity contribution in [3.8, 4) is 11.8 Å². The molecule has 1 atom stereocenters. The maximum Gasteiger partial charge on any atom is 0.0649 e. The van der Waals surface area contributed by atoms with Crippen LogP contribution in [0.2, 0.25) is 0 Å². The van der Waals surface area contributed by atoms with E-state index in [1.165, 1.54) is 38.5 Å². The van der Waals surface area contributed by atoms with Crippen molar-refractivity contribution in [1.82, 2.24) is 0 Å². The first-order chi connectivity index (χ1) is 7.81. The summed E-state index contributed by atoms with van der Waals surface area (Å²) < 4.78 is 0. The highest BCUT2D eigenvalue weighted by molar-refractivity contribution is 4.99. The largest absolute Gasteiger partial charge is 0.392 e. The summed E-state index contributed by atoms with van der Waals surface area (Å²) in [4.78, 5) is 0. The SMILES string of the molecule is CCCCCC#CC[C@H](O)CCCCCC. The molecule has 16 heavy (non-hydrogen) atoms. The van der Waals surface area contributed by atoms with Crippen LogP contribution in [0.25, 0.3) is 0 Å². The molecule has 0 aliphatic carbocycles. The molecule has 0 aromatic carbocycles. The number of aliphatic hydroxyl groups is 1. The molecule has 0 amide bonds. The number of hydrogen-bond acceptors (Lipinski definition) is 1. The van der Waals surface area contributed by atoms with Gasteiger partial charge in [-0.2, -0.15) is 0 Å². The van der Waals surface area contributed by atoms with E-state index in [2.05, 4.69) is 25.7 Å². The van der Waals surface area contributed by atoms with Gasteiger partial charge in [0.2, 0.25) is 0 Å². The lowest BCUT2D eigenvalue weighted by Crippen LogP contribution is -2.04. The first-order valence-corrected chi connectivity index (χ1v) is 6.95. The number of aliphatic hydroxyl groups excluding tert-OH is 1. The molecule has 0 fully saturated rings. The molecule has 1 heteroatoms. The molecule has 0 saturated carbocycles. The minimum atomic E-state index is -0.199. The molecule has 0 rings (SSSR count). The molecule has 0 radical (unpaired) electrons. The zero-order chi connectivity index (χ0) is 12.1. The van der Waals surface area contributed by atoms with E-state index in [0.29, 0.717) is 6.42 Å². The molecular formula is C15H28O. The summed E-state index contributed by atoms with van der Waals surface area (Å²) in [5.41, 5.74) is 0. The second-order valence-corrected chi connectivity index (χ2v) is 4.52. The standard InChI is InChI=1S/C15H28O/c1-3-5-7-9-10-12-14-15(16)13-11-8-6-4-2/h15-16H,3-9,11,13-14H2,1-2H3/t15-/m1/s1. The van der Waals surface area contributed by atoms with Crippen molar-refractivity contribution >= 4 is 0 Å². The number of rotatable bonds is 9. The van der Waals surface area contributed by atoms with E-state index in [1.807, 2.05) is 0 Å². The predicted octanol–water partition coefficient (Wildman–Crippen LogP) is 4.29. The summed E-state index contributed by atoms with van der Waals surface area (Å²) in [7, 11) is 0. The Morgan fingerprint density at radius 2 is 1.56 bits per heavy atom. The van der Waals surface area contributed by atoms with Gasteiger partial charge < -0.3 is 5.11 Å². The summed E-state index contributed by atoms with van der Waals surface area (Å²) in [6.45, 7) is 4.41. The fourth-order valence-electron chi connectivity index (χ4n) is 1.65. The van der Waals surface area contributed by atoms with Gasteiger partial charge in [-0.05, 0) is 12.8 Å². The Hall–Kier alpha value is -0.480. The minimum Gasteiger partial charge on any atom is -0.392 e. The maximum absolute atomic E-state index is 9.65. The number of hydrogen-bond donors (Lipinski definition) is 1. The van der Waals surface area contributed by atoms with Crippen LogP contribution in [-0.2, 0) is 0 Å². The Morgan fingerprint density at radius 3 is 2.25 bits per heavy atom. The third kappa shape index (κ3) is 11.6. The molecule has 0 aromatic rings. The van der Waals surface area contributed by atoms with Crippen molar-refractivity contribution in [2.24, 2.45) is 0 Å². The molecule has 1 nitrogen and oxygen atoms in total. The van der Waals surface area contributed by atoms with Gasteiger partial charge in [-0.3, -0.25) is 0 Å². The zero-order valence-electron chi connectivity index (χ0n) is 11.1. The Balaban J connectivity index is 3.30. The van der Waals surface area contributed by atoms with Gasteiger partial charge in [0.25, 0.3) is 0 Å². The average molecular weight is 224 g/mol. The van der Waals surface area contributed by atoms with Crippen LogP contribution in [0.5, 0.6) is 0 Å². The van der Waals surface area contributed by atoms with Crippen LogP contribution >= 0.6 is 0 Å². The molecule has 1 N–H and O–H groups in total. The maximum atomic E-state index is 9.65. The summed E-state index contributed by atoms with van der Waals surface area (Å²) in [6, 6.07) is 0. The quantitative estimate of drug-likeness (QED) is 0.457. The fourth-order valence-corrected chi connectivity index (χ4v) is 1.65. The molecule has 0 bridgehead atoms. The monoisotopic (exact) mass is 224 g/mol. The van der Waals surface area contributed by atoms with Gasteiger partial charge >= 0.3 is 0 Å². The van der Waals surface area contributed by atoms with Crippen LogP contribution in [-0.4, -0.2) is 11.2 Å². The normalized spacial score (nSPS) is 11.9. The van der Waals surface area contributed by atoms with Gasteiger partial charge in [-0.25, -0.2) is 0 Å². The highest BCUT2D eigenvalue weighted by Gasteiger charge is 2.00. The van der Waals surface area contributed by atoms with Gasteiger partial charge in [0, 0.05) is 12.8 Å². The second kappa shape index (κ2) is 12.6. The summed E-state index contributed by atoms with van der Waals surface area (Å²) in [5.74, 6) is 6.23.